The zero-order valence-corrected chi connectivity index (χ0v) is 8.27. The molecule has 2 rings (SSSR count). The number of esters is 1. The van der Waals surface area contributed by atoms with Gasteiger partial charge in [-0.1, -0.05) is 0 Å². The minimum Gasteiger partial charge on any atom is -0.464 e. The van der Waals surface area contributed by atoms with E-state index in [4.69, 9.17) is 0 Å². The quantitative estimate of drug-likeness (QED) is 0.674. The second-order valence-electron chi connectivity index (χ2n) is 3.12. The van der Waals surface area contributed by atoms with Gasteiger partial charge in [0.05, 0.1) is 7.11 Å². The fraction of sp³-hybridized carbons (Fsp3) is 0.222. The predicted molar refractivity (Wildman–Crippen MR) is 51.9 cm³/mol. The van der Waals surface area contributed by atoms with E-state index in [1.807, 2.05) is 0 Å². The molecule has 2 aromatic heterocycles. The number of fused-ring (bicyclic) bond motifs is 1. The minimum absolute atomic E-state index is 0.119. The van der Waals surface area contributed by atoms with Gasteiger partial charge in [-0.15, -0.1) is 0 Å². The molecule has 0 spiro atoms. The lowest BCUT2D eigenvalue weighted by molar-refractivity contribution is 0.0593. The van der Waals surface area contributed by atoms with Crippen molar-refractivity contribution in [1.29, 1.82) is 0 Å². The van der Waals surface area contributed by atoms with Crippen LogP contribution in [0, 0.1) is 6.92 Å². The lowest BCUT2D eigenvalue weighted by Gasteiger charge is -1.93. The lowest BCUT2D eigenvalue weighted by Crippen LogP contribution is -2.10. The Kier molecular flexibility index (Phi) is 2.03. The number of rotatable bonds is 1. The summed E-state index contributed by atoms with van der Waals surface area (Å²) in [4.78, 5) is 25.2. The average Bonchev–Trinajstić information content (AvgIpc) is 2.60. The summed E-state index contributed by atoms with van der Waals surface area (Å²) in [7, 11) is 1.27. The van der Waals surface area contributed by atoms with Gasteiger partial charge in [0.15, 0.2) is 5.69 Å². The predicted octanol–water partition coefficient (Wildman–Crippen LogP) is 0.118. The van der Waals surface area contributed by atoms with E-state index in [1.54, 1.807) is 13.1 Å². The van der Waals surface area contributed by atoms with Crippen LogP contribution in [0.3, 0.4) is 0 Å². The number of hydrogen-bond acceptors (Lipinski definition) is 4. The summed E-state index contributed by atoms with van der Waals surface area (Å²) < 4.78 is 5.87. The number of ether oxygens (including phenoxy) is 1. The van der Waals surface area contributed by atoms with Crippen LogP contribution >= 0.6 is 0 Å². The van der Waals surface area contributed by atoms with Crippen LogP contribution in [0.5, 0.6) is 0 Å². The van der Waals surface area contributed by atoms with E-state index in [9.17, 15) is 9.59 Å². The molecule has 78 valence electrons. The van der Waals surface area contributed by atoms with Crippen molar-refractivity contribution in [2.75, 3.05) is 7.11 Å². The first-order valence-electron chi connectivity index (χ1n) is 4.29. The number of carbonyl (C=O) groups is 1. The van der Waals surface area contributed by atoms with Gasteiger partial charge in [0.2, 0.25) is 0 Å². The van der Waals surface area contributed by atoms with Gasteiger partial charge in [0.1, 0.15) is 5.52 Å². The number of nitrogens with zero attached hydrogens (tertiary/aromatic N) is 2. The number of methoxy groups -OCH3 is 1. The maximum Gasteiger partial charge on any atom is 0.358 e. The van der Waals surface area contributed by atoms with Crippen molar-refractivity contribution < 1.29 is 9.53 Å². The molecule has 0 radical (unpaired) electrons. The molecule has 2 aromatic rings. The minimum atomic E-state index is -0.559. The average molecular weight is 207 g/mol. The molecule has 0 aliphatic heterocycles. The topological polar surface area (TPSA) is 76.5 Å². The third kappa shape index (κ3) is 1.50. The van der Waals surface area contributed by atoms with Crippen LogP contribution in [0.4, 0.5) is 0 Å². The Morgan fingerprint density at radius 2 is 2.33 bits per heavy atom. The van der Waals surface area contributed by atoms with Gasteiger partial charge in [0, 0.05) is 18.0 Å². The van der Waals surface area contributed by atoms with Crippen LogP contribution in [0.15, 0.2) is 17.1 Å². The summed E-state index contributed by atoms with van der Waals surface area (Å²) in [5.41, 5.74) is 0.833. The molecule has 0 saturated carbocycles. The van der Waals surface area contributed by atoms with Crippen molar-refractivity contribution in [3.05, 3.63) is 34.0 Å². The molecule has 0 atom stereocenters. The van der Waals surface area contributed by atoms with E-state index in [-0.39, 0.29) is 11.3 Å². The molecule has 6 heteroatoms. The van der Waals surface area contributed by atoms with E-state index >= 15 is 0 Å². The first kappa shape index (κ1) is 9.45. The van der Waals surface area contributed by atoms with Crippen LogP contribution in [-0.4, -0.2) is 27.7 Å². The van der Waals surface area contributed by atoms with Gasteiger partial charge in [-0.25, -0.2) is 9.31 Å². The largest absolute Gasteiger partial charge is 0.464 e. The summed E-state index contributed by atoms with van der Waals surface area (Å²) in [6.45, 7) is 1.74. The molecule has 2 heterocycles. The molecule has 6 nitrogen and oxygen atoms in total. The Balaban J connectivity index is 2.71. The highest BCUT2D eigenvalue weighted by molar-refractivity contribution is 5.88. The number of aromatic amines is 1. The Hall–Kier alpha value is -2.11. The molecule has 0 fully saturated rings. The van der Waals surface area contributed by atoms with Crippen LogP contribution in [0.2, 0.25) is 0 Å². The van der Waals surface area contributed by atoms with Crippen molar-refractivity contribution in [2.45, 2.75) is 6.92 Å². The standard InChI is InChI=1S/C9H9N3O3/c1-5-4-12-7(8(13)10-5)3-6(11-12)9(14)15-2/h3-4H,1-2H3,(H,10,13). The van der Waals surface area contributed by atoms with Gasteiger partial charge < -0.3 is 9.72 Å². The second-order valence-corrected chi connectivity index (χ2v) is 3.12. The van der Waals surface area contributed by atoms with Gasteiger partial charge in [-0.2, -0.15) is 5.10 Å². The van der Waals surface area contributed by atoms with Gasteiger partial charge >= 0.3 is 5.97 Å². The highest BCUT2D eigenvalue weighted by Crippen LogP contribution is 2.03. The first-order chi connectivity index (χ1) is 7.11. The van der Waals surface area contributed by atoms with Crippen LogP contribution in [-0.2, 0) is 4.74 Å². The van der Waals surface area contributed by atoms with E-state index in [2.05, 4.69) is 14.8 Å². The van der Waals surface area contributed by atoms with Gasteiger partial charge in [-0.05, 0) is 6.92 Å². The maximum atomic E-state index is 11.5. The summed E-state index contributed by atoms with van der Waals surface area (Å²) in [6, 6.07) is 1.39. The molecular weight excluding hydrogens is 198 g/mol. The van der Waals surface area contributed by atoms with E-state index in [0.717, 1.165) is 0 Å². The van der Waals surface area contributed by atoms with E-state index < -0.39 is 5.97 Å². The zero-order chi connectivity index (χ0) is 11.0. The fourth-order valence-electron chi connectivity index (χ4n) is 1.33. The molecule has 0 aromatic carbocycles. The highest BCUT2D eigenvalue weighted by Gasteiger charge is 2.12. The van der Waals surface area contributed by atoms with Crippen molar-refractivity contribution >= 4 is 11.5 Å². The van der Waals surface area contributed by atoms with Crippen molar-refractivity contribution in [1.82, 2.24) is 14.6 Å². The summed E-state index contributed by atoms with van der Waals surface area (Å²) in [5, 5.41) is 3.93. The second kappa shape index (κ2) is 3.23. The first-order valence-corrected chi connectivity index (χ1v) is 4.29. The van der Waals surface area contributed by atoms with Crippen molar-refractivity contribution in [2.24, 2.45) is 0 Å². The Morgan fingerprint density at radius 3 is 3.00 bits per heavy atom. The van der Waals surface area contributed by atoms with Crippen LogP contribution < -0.4 is 5.56 Å². The summed E-state index contributed by atoms with van der Waals surface area (Å²) in [5.74, 6) is -0.559. The third-order valence-electron chi connectivity index (χ3n) is 1.99. The molecule has 0 bridgehead atoms. The smallest absolute Gasteiger partial charge is 0.358 e. The van der Waals surface area contributed by atoms with Crippen LogP contribution in [0.1, 0.15) is 16.2 Å². The molecule has 0 aliphatic carbocycles. The molecule has 0 unspecified atom stereocenters. The van der Waals surface area contributed by atoms with Crippen LogP contribution in [0.25, 0.3) is 5.52 Å². The number of H-pyrrole nitrogens is 1. The monoisotopic (exact) mass is 207 g/mol. The summed E-state index contributed by atoms with van der Waals surface area (Å²) >= 11 is 0. The Bertz CT molecular complexity index is 582. The number of nitrogens with one attached hydrogen (secondary N) is 1. The zero-order valence-electron chi connectivity index (χ0n) is 8.27. The fourth-order valence-corrected chi connectivity index (χ4v) is 1.33. The molecule has 0 aliphatic rings. The van der Waals surface area contributed by atoms with Crippen molar-refractivity contribution in [3.8, 4) is 0 Å². The number of aromatic nitrogens is 3. The summed E-state index contributed by atoms with van der Waals surface area (Å²) in [6.07, 6.45) is 1.63. The molecule has 15 heavy (non-hydrogen) atoms. The van der Waals surface area contributed by atoms with E-state index in [1.165, 1.54) is 17.7 Å². The lowest BCUT2D eigenvalue weighted by atomic mass is 10.4. The highest BCUT2D eigenvalue weighted by atomic mass is 16.5. The number of carbonyl (C=O) groups excluding carboxylic acids is 1. The van der Waals surface area contributed by atoms with Gasteiger partial charge in [0.25, 0.3) is 5.56 Å². The number of aryl methyl sites for hydroxylation is 1. The molecule has 0 amide bonds. The van der Waals surface area contributed by atoms with E-state index in [0.29, 0.717) is 11.2 Å². The van der Waals surface area contributed by atoms with Crippen molar-refractivity contribution in [3.63, 3.8) is 0 Å². The molecule has 1 N–H and O–H groups in total. The molecule has 0 saturated heterocycles. The third-order valence-corrected chi connectivity index (χ3v) is 1.99. The normalized spacial score (nSPS) is 10.5. The maximum absolute atomic E-state index is 11.5. The molecular formula is C9H9N3O3. The van der Waals surface area contributed by atoms with Gasteiger partial charge in [-0.3, -0.25) is 4.79 Å². The number of hydrogen-bond donors (Lipinski definition) is 1. The Labute approximate surface area is 84.5 Å². The SMILES string of the molecule is COC(=O)c1cc2c(=O)[nH]c(C)cn2n1. The Morgan fingerprint density at radius 1 is 1.60 bits per heavy atom.